The third-order valence-corrected chi connectivity index (χ3v) is 2.87. The maximum atomic E-state index is 11.9. The number of nitrogens with zero attached hydrogens (tertiary/aromatic N) is 3. The lowest BCUT2D eigenvalue weighted by atomic mass is 10.1. The summed E-state index contributed by atoms with van der Waals surface area (Å²) in [5.41, 5.74) is 0.585. The molecule has 1 aromatic heterocycles. The first-order valence-corrected chi connectivity index (χ1v) is 6.12. The number of nitrogens with one attached hydrogen (secondary N) is 1. The van der Waals surface area contributed by atoms with Crippen molar-refractivity contribution in [1.82, 2.24) is 15.3 Å². The van der Waals surface area contributed by atoms with Crippen molar-refractivity contribution in [1.29, 1.82) is 0 Å². The second-order valence-electron chi connectivity index (χ2n) is 4.62. The largest absolute Gasteiger partial charge is 0.354 e. The summed E-state index contributed by atoms with van der Waals surface area (Å²) in [6, 6.07) is 4.23. The van der Waals surface area contributed by atoms with Gasteiger partial charge in [-0.05, 0) is 6.07 Å². The van der Waals surface area contributed by atoms with E-state index in [1.54, 1.807) is 0 Å². The Labute approximate surface area is 115 Å². The number of hydrogen-bond acceptors (Lipinski definition) is 5. The summed E-state index contributed by atoms with van der Waals surface area (Å²) < 4.78 is 0. The molecule has 1 aromatic carbocycles. The van der Waals surface area contributed by atoms with Gasteiger partial charge in [-0.1, -0.05) is 13.8 Å². The highest BCUT2D eigenvalue weighted by molar-refractivity contribution is 6.04. The van der Waals surface area contributed by atoms with Crippen molar-refractivity contribution in [3.63, 3.8) is 0 Å². The van der Waals surface area contributed by atoms with Crippen LogP contribution in [0.1, 0.15) is 36.1 Å². The van der Waals surface area contributed by atoms with E-state index in [1.807, 2.05) is 13.8 Å². The first-order valence-electron chi connectivity index (χ1n) is 6.12. The Morgan fingerprint density at radius 3 is 2.60 bits per heavy atom. The highest BCUT2D eigenvalue weighted by Gasteiger charge is 2.18. The second-order valence-corrected chi connectivity index (χ2v) is 4.62. The molecule has 0 unspecified atom stereocenters. The van der Waals surface area contributed by atoms with E-state index in [-0.39, 0.29) is 23.2 Å². The molecule has 1 amide bonds. The molecule has 0 aliphatic rings. The number of nitro benzene ring substituents is 1. The zero-order chi connectivity index (χ0) is 14.9. The van der Waals surface area contributed by atoms with Gasteiger partial charge >= 0.3 is 0 Å². The molecule has 2 rings (SSSR count). The van der Waals surface area contributed by atoms with Gasteiger partial charge in [0.05, 0.1) is 10.4 Å². The predicted octanol–water partition coefficient (Wildman–Crippen LogP) is 2.02. The van der Waals surface area contributed by atoms with Crippen molar-refractivity contribution in [3.8, 4) is 0 Å². The van der Waals surface area contributed by atoms with Crippen LogP contribution in [0.4, 0.5) is 5.69 Å². The van der Waals surface area contributed by atoms with Crippen LogP contribution in [0.5, 0.6) is 0 Å². The molecule has 0 aliphatic carbocycles. The molecule has 0 bridgehead atoms. The Hall–Kier alpha value is -2.57. The van der Waals surface area contributed by atoms with Crippen LogP contribution in [0.2, 0.25) is 0 Å². The summed E-state index contributed by atoms with van der Waals surface area (Å²) in [6.45, 7) is 3.83. The normalized spacial score (nSPS) is 10.8. The van der Waals surface area contributed by atoms with E-state index in [0.717, 1.165) is 0 Å². The van der Waals surface area contributed by atoms with Crippen LogP contribution in [-0.4, -0.2) is 27.8 Å². The standard InChI is InChI=1S/C13H14N4O3/c1-7(2)12-15-10-5-4-8(17(19)20)6-9(10)11(16-12)13(18)14-3/h4-7H,1-3H3,(H,14,18). The first kappa shape index (κ1) is 13.9. The van der Waals surface area contributed by atoms with Crippen molar-refractivity contribution in [2.75, 3.05) is 7.05 Å². The lowest BCUT2D eigenvalue weighted by Gasteiger charge is -2.09. The van der Waals surface area contributed by atoms with Crippen LogP contribution in [0.25, 0.3) is 10.9 Å². The zero-order valence-corrected chi connectivity index (χ0v) is 11.4. The van der Waals surface area contributed by atoms with Crippen molar-refractivity contribution in [2.45, 2.75) is 19.8 Å². The predicted molar refractivity (Wildman–Crippen MR) is 73.7 cm³/mol. The van der Waals surface area contributed by atoms with Gasteiger partial charge in [0, 0.05) is 30.5 Å². The molecule has 2 aromatic rings. The molecule has 0 radical (unpaired) electrons. The molecule has 20 heavy (non-hydrogen) atoms. The third kappa shape index (κ3) is 2.42. The van der Waals surface area contributed by atoms with Crippen LogP contribution in [-0.2, 0) is 0 Å². The summed E-state index contributed by atoms with van der Waals surface area (Å²) >= 11 is 0. The van der Waals surface area contributed by atoms with E-state index in [9.17, 15) is 14.9 Å². The molecule has 1 N–H and O–H groups in total. The van der Waals surface area contributed by atoms with Gasteiger partial charge in [0.2, 0.25) is 0 Å². The maximum absolute atomic E-state index is 11.9. The molecule has 0 atom stereocenters. The molecule has 0 saturated carbocycles. The smallest absolute Gasteiger partial charge is 0.270 e. The fourth-order valence-corrected chi connectivity index (χ4v) is 1.80. The van der Waals surface area contributed by atoms with Crippen LogP contribution in [0.15, 0.2) is 18.2 Å². The van der Waals surface area contributed by atoms with Crippen molar-refractivity contribution in [2.24, 2.45) is 0 Å². The fraction of sp³-hybridized carbons (Fsp3) is 0.308. The van der Waals surface area contributed by atoms with Crippen LogP contribution in [0.3, 0.4) is 0 Å². The summed E-state index contributed by atoms with van der Waals surface area (Å²) in [6.07, 6.45) is 0. The van der Waals surface area contributed by atoms with Crippen LogP contribution < -0.4 is 5.32 Å². The van der Waals surface area contributed by atoms with Gasteiger partial charge in [-0.15, -0.1) is 0 Å². The number of rotatable bonds is 3. The third-order valence-electron chi connectivity index (χ3n) is 2.87. The van der Waals surface area contributed by atoms with Crippen molar-refractivity contribution >= 4 is 22.5 Å². The van der Waals surface area contributed by atoms with Gasteiger partial charge in [-0.2, -0.15) is 0 Å². The topological polar surface area (TPSA) is 98.0 Å². The minimum atomic E-state index is -0.510. The number of carbonyl (C=O) groups excluding carboxylic acids is 1. The molecule has 104 valence electrons. The number of aromatic nitrogens is 2. The Morgan fingerprint density at radius 2 is 2.05 bits per heavy atom. The summed E-state index contributed by atoms with van der Waals surface area (Å²) in [4.78, 5) is 30.8. The number of non-ortho nitro benzene ring substituents is 1. The molecule has 7 heteroatoms. The SMILES string of the molecule is CNC(=O)c1nc(C(C)C)nc2ccc([N+](=O)[O-])cc12. The molecular formula is C13H14N4O3. The number of fused-ring (bicyclic) bond motifs is 1. The molecule has 0 spiro atoms. The monoisotopic (exact) mass is 274 g/mol. The van der Waals surface area contributed by atoms with Gasteiger partial charge in [0.15, 0.2) is 0 Å². The van der Waals surface area contributed by atoms with E-state index in [1.165, 1.54) is 25.2 Å². The quantitative estimate of drug-likeness (QED) is 0.682. The first-order chi connectivity index (χ1) is 9.43. The van der Waals surface area contributed by atoms with Crippen LogP contribution >= 0.6 is 0 Å². The van der Waals surface area contributed by atoms with Crippen molar-refractivity contribution in [3.05, 3.63) is 39.8 Å². The minimum Gasteiger partial charge on any atom is -0.354 e. The van der Waals surface area contributed by atoms with Crippen LogP contribution in [0, 0.1) is 10.1 Å². The summed E-state index contributed by atoms with van der Waals surface area (Å²) in [5.74, 6) is 0.197. The Bertz CT molecular complexity index is 697. The number of nitro groups is 1. The maximum Gasteiger partial charge on any atom is 0.270 e. The highest BCUT2D eigenvalue weighted by atomic mass is 16.6. The molecule has 0 fully saturated rings. The number of carbonyl (C=O) groups is 1. The van der Waals surface area contributed by atoms with E-state index >= 15 is 0 Å². The van der Waals surface area contributed by atoms with Gasteiger partial charge < -0.3 is 5.32 Å². The minimum absolute atomic E-state index is 0.0537. The number of hydrogen-bond donors (Lipinski definition) is 1. The van der Waals surface area contributed by atoms with E-state index in [0.29, 0.717) is 16.7 Å². The van der Waals surface area contributed by atoms with Crippen molar-refractivity contribution < 1.29 is 9.72 Å². The molecule has 1 heterocycles. The lowest BCUT2D eigenvalue weighted by Crippen LogP contribution is -2.21. The van der Waals surface area contributed by atoms with E-state index < -0.39 is 4.92 Å². The molecule has 7 nitrogen and oxygen atoms in total. The number of benzene rings is 1. The fourth-order valence-electron chi connectivity index (χ4n) is 1.80. The summed E-state index contributed by atoms with van der Waals surface area (Å²) in [5, 5.41) is 13.7. The van der Waals surface area contributed by atoms with Gasteiger partial charge in [-0.3, -0.25) is 14.9 Å². The second kappa shape index (κ2) is 5.20. The zero-order valence-electron chi connectivity index (χ0n) is 11.4. The Kier molecular flexibility index (Phi) is 3.60. The molecule has 0 aliphatic heterocycles. The van der Waals surface area contributed by atoms with E-state index in [2.05, 4.69) is 15.3 Å². The van der Waals surface area contributed by atoms with E-state index in [4.69, 9.17) is 0 Å². The Balaban J connectivity index is 2.78. The van der Waals surface area contributed by atoms with Gasteiger partial charge in [-0.25, -0.2) is 9.97 Å². The average Bonchev–Trinajstić information content (AvgIpc) is 2.44. The average molecular weight is 274 g/mol. The molecular weight excluding hydrogens is 260 g/mol. The Morgan fingerprint density at radius 1 is 1.35 bits per heavy atom. The lowest BCUT2D eigenvalue weighted by molar-refractivity contribution is -0.384. The summed E-state index contributed by atoms with van der Waals surface area (Å²) in [7, 11) is 1.49. The van der Waals surface area contributed by atoms with Gasteiger partial charge in [0.1, 0.15) is 11.5 Å². The van der Waals surface area contributed by atoms with Gasteiger partial charge in [0.25, 0.3) is 11.6 Å². The molecule has 0 saturated heterocycles. The number of amides is 1. The highest BCUT2D eigenvalue weighted by Crippen LogP contribution is 2.24.